The van der Waals surface area contributed by atoms with Crippen molar-refractivity contribution in [3.8, 4) is 38.3 Å². The van der Waals surface area contributed by atoms with Crippen LogP contribution >= 0.6 is 22.9 Å². The van der Waals surface area contributed by atoms with E-state index in [0.29, 0.717) is 10.8 Å². The minimum absolute atomic E-state index is 0.138. The summed E-state index contributed by atoms with van der Waals surface area (Å²) >= 11 is 7.82. The van der Waals surface area contributed by atoms with E-state index in [1.807, 2.05) is 45.0 Å². The highest BCUT2D eigenvalue weighted by atomic mass is 35.5. The van der Waals surface area contributed by atoms with Crippen molar-refractivity contribution in [1.29, 1.82) is 0 Å². The van der Waals surface area contributed by atoms with Crippen LogP contribution in [0.5, 0.6) is 5.75 Å². The fraction of sp³-hybridized carbons (Fsp3) is 0.217. The Morgan fingerprint density at radius 3 is 2.53 bits per heavy atom. The molecule has 0 N–H and O–H groups in total. The summed E-state index contributed by atoms with van der Waals surface area (Å²) < 4.78 is 21.7. The molecule has 0 radical (unpaired) electrons. The second-order valence-corrected chi connectivity index (χ2v) is 8.75. The van der Waals surface area contributed by atoms with Crippen LogP contribution in [0, 0.1) is 12.7 Å². The Hall–Kier alpha value is -2.70. The van der Waals surface area contributed by atoms with E-state index < -0.39 is 5.82 Å². The number of nitrogens with zero attached hydrogens (tertiary/aromatic N) is 3. The number of aromatic nitrogens is 3. The zero-order valence-corrected chi connectivity index (χ0v) is 18.7. The zero-order chi connectivity index (χ0) is 21.4. The Morgan fingerprint density at radius 2 is 1.87 bits per heavy atom. The minimum atomic E-state index is -0.438. The summed E-state index contributed by atoms with van der Waals surface area (Å²) in [6.07, 6.45) is 0.138. The first-order valence-corrected chi connectivity index (χ1v) is 10.8. The summed E-state index contributed by atoms with van der Waals surface area (Å²) in [5.41, 5.74) is 2.40. The van der Waals surface area contributed by atoms with Gasteiger partial charge >= 0.3 is 0 Å². The number of halogens is 2. The summed E-state index contributed by atoms with van der Waals surface area (Å²) in [7, 11) is 1.80. The van der Waals surface area contributed by atoms with Crippen molar-refractivity contribution < 1.29 is 9.13 Å². The van der Waals surface area contributed by atoms with Crippen molar-refractivity contribution >= 4 is 22.9 Å². The van der Waals surface area contributed by atoms with Crippen LogP contribution in [0.15, 0.2) is 48.5 Å². The van der Waals surface area contributed by atoms with Gasteiger partial charge in [-0.2, -0.15) is 5.10 Å². The largest absolute Gasteiger partial charge is 0.491 e. The summed E-state index contributed by atoms with van der Waals surface area (Å²) in [6, 6.07) is 14.7. The van der Waals surface area contributed by atoms with Crippen molar-refractivity contribution in [3.05, 3.63) is 64.9 Å². The molecule has 0 bridgehead atoms. The van der Waals surface area contributed by atoms with Crippen molar-refractivity contribution in [2.75, 3.05) is 0 Å². The molecule has 0 spiro atoms. The van der Waals surface area contributed by atoms with Gasteiger partial charge in [-0.25, -0.2) is 14.1 Å². The van der Waals surface area contributed by atoms with Crippen LogP contribution in [-0.2, 0) is 7.05 Å². The molecule has 2 heterocycles. The number of hydrogen-bond donors (Lipinski definition) is 0. The molecule has 2 aromatic heterocycles. The average molecular weight is 442 g/mol. The van der Waals surface area contributed by atoms with Gasteiger partial charge in [0.2, 0.25) is 0 Å². The predicted octanol–water partition coefficient (Wildman–Crippen LogP) is 6.77. The van der Waals surface area contributed by atoms with Gasteiger partial charge in [0, 0.05) is 11.9 Å². The number of aryl methyl sites for hydroxylation is 2. The highest BCUT2D eigenvalue weighted by Crippen LogP contribution is 2.38. The van der Waals surface area contributed by atoms with Gasteiger partial charge in [0.05, 0.1) is 21.6 Å². The summed E-state index contributed by atoms with van der Waals surface area (Å²) in [4.78, 5) is 6.71. The van der Waals surface area contributed by atoms with E-state index in [9.17, 15) is 4.39 Å². The molecule has 0 atom stereocenters. The van der Waals surface area contributed by atoms with Crippen LogP contribution in [0.25, 0.3) is 32.5 Å². The van der Waals surface area contributed by atoms with Gasteiger partial charge in [-0.1, -0.05) is 17.7 Å². The van der Waals surface area contributed by atoms with Crippen molar-refractivity contribution in [3.63, 3.8) is 0 Å². The molecule has 2 aromatic carbocycles. The Labute approximate surface area is 183 Å². The lowest BCUT2D eigenvalue weighted by atomic mass is 10.1. The van der Waals surface area contributed by atoms with Crippen molar-refractivity contribution in [2.24, 2.45) is 7.05 Å². The third kappa shape index (κ3) is 3.98. The van der Waals surface area contributed by atoms with Gasteiger partial charge < -0.3 is 4.74 Å². The fourth-order valence-electron chi connectivity index (χ4n) is 3.22. The van der Waals surface area contributed by atoms with Crippen LogP contribution < -0.4 is 4.74 Å². The van der Waals surface area contributed by atoms with Gasteiger partial charge in [0.25, 0.3) is 0 Å². The lowest BCUT2D eigenvalue weighted by molar-refractivity contribution is 0.242. The normalized spacial score (nSPS) is 11.3. The van der Waals surface area contributed by atoms with Gasteiger partial charge in [0.15, 0.2) is 11.6 Å². The van der Waals surface area contributed by atoms with Crippen LogP contribution in [0.4, 0.5) is 4.39 Å². The summed E-state index contributed by atoms with van der Waals surface area (Å²) in [6.45, 7) is 6.05. The van der Waals surface area contributed by atoms with E-state index in [0.717, 1.165) is 26.6 Å². The standard InChI is InChI=1S/C23H21ClFN3OS/c1-13(2)29-16-10-8-15(9-11-16)19-12-14(3)21(30-19)23-26-22(27-28(23)4)20-17(24)6-5-7-18(20)25/h5-13H,1-4H3. The molecule has 4 rings (SSSR count). The first-order valence-electron chi connectivity index (χ1n) is 9.57. The molecule has 0 aliphatic heterocycles. The van der Waals surface area contributed by atoms with Crippen molar-refractivity contribution in [1.82, 2.24) is 14.8 Å². The third-order valence-electron chi connectivity index (χ3n) is 4.58. The maximum absolute atomic E-state index is 14.3. The Kier molecular flexibility index (Phi) is 5.62. The molecule has 0 amide bonds. The Bertz CT molecular complexity index is 1180. The molecular weight excluding hydrogens is 421 g/mol. The van der Waals surface area contributed by atoms with Crippen molar-refractivity contribution in [2.45, 2.75) is 26.9 Å². The average Bonchev–Trinajstić information content (AvgIpc) is 3.24. The molecule has 7 heteroatoms. The third-order valence-corrected chi connectivity index (χ3v) is 6.18. The first kappa shape index (κ1) is 20.6. The Morgan fingerprint density at radius 1 is 1.13 bits per heavy atom. The van der Waals surface area contributed by atoms with E-state index in [4.69, 9.17) is 16.3 Å². The topological polar surface area (TPSA) is 39.9 Å². The van der Waals surface area contributed by atoms with E-state index in [2.05, 4.69) is 16.1 Å². The maximum atomic E-state index is 14.3. The van der Waals surface area contributed by atoms with Gasteiger partial charge in [-0.3, -0.25) is 0 Å². The highest BCUT2D eigenvalue weighted by molar-refractivity contribution is 7.19. The first-order chi connectivity index (χ1) is 14.3. The SMILES string of the molecule is Cc1cc(-c2ccc(OC(C)C)cc2)sc1-c1nc(-c2c(F)cccc2Cl)nn1C. The number of thiophene rings is 1. The molecule has 0 unspecified atom stereocenters. The fourth-order valence-corrected chi connectivity index (χ4v) is 4.66. The minimum Gasteiger partial charge on any atom is -0.491 e. The van der Waals surface area contributed by atoms with Gasteiger partial charge in [-0.05, 0) is 74.4 Å². The van der Waals surface area contributed by atoms with E-state index in [1.165, 1.54) is 6.07 Å². The van der Waals surface area contributed by atoms with E-state index in [1.54, 1.807) is 35.2 Å². The monoisotopic (exact) mass is 441 g/mol. The molecule has 0 aliphatic carbocycles. The lowest BCUT2D eigenvalue weighted by Gasteiger charge is -2.09. The number of ether oxygens (including phenoxy) is 1. The second-order valence-electron chi connectivity index (χ2n) is 7.29. The lowest BCUT2D eigenvalue weighted by Crippen LogP contribution is -2.04. The molecule has 0 fully saturated rings. The van der Waals surface area contributed by atoms with Crippen LogP contribution in [0.2, 0.25) is 5.02 Å². The quantitative estimate of drug-likeness (QED) is 0.343. The molecule has 30 heavy (non-hydrogen) atoms. The zero-order valence-electron chi connectivity index (χ0n) is 17.1. The molecule has 4 aromatic rings. The maximum Gasteiger partial charge on any atom is 0.186 e. The summed E-state index contributed by atoms with van der Waals surface area (Å²) in [5, 5.41) is 4.70. The van der Waals surface area contributed by atoms with E-state index >= 15 is 0 Å². The predicted molar refractivity (Wildman–Crippen MR) is 121 cm³/mol. The number of rotatable bonds is 5. The number of benzene rings is 2. The molecule has 4 nitrogen and oxygen atoms in total. The van der Waals surface area contributed by atoms with Gasteiger partial charge in [0.1, 0.15) is 11.6 Å². The smallest absolute Gasteiger partial charge is 0.186 e. The summed E-state index contributed by atoms with van der Waals surface area (Å²) in [5.74, 6) is 1.37. The molecule has 0 saturated carbocycles. The molecule has 0 saturated heterocycles. The molecular formula is C23H21ClFN3OS. The second kappa shape index (κ2) is 8.20. The molecule has 154 valence electrons. The van der Waals surface area contributed by atoms with E-state index in [-0.39, 0.29) is 17.5 Å². The van der Waals surface area contributed by atoms with Crippen LogP contribution in [0.1, 0.15) is 19.4 Å². The number of hydrogen-bond acceptors (Lipinski definition) is 4. The Balaban J connectivity index is 1.70. The van der Waals surface area contributed by atoms with Crippen LogP contribution in [-0.4, -0.2) is 20.9 Å². The van der Waals surface area contributed by atoms with Gasteiger partial charge in [-0.15, -0.1) is 11.3 Å². The highest BCUT2D eigenvalue weighted by Gasteiger charge is 2.20. The molecule has 0 aliphatic rings. The van der Waals surface area contributed by atoms with Crippen LogP contribution in [0.3, 0.4) is 0 Å².